The molecule has 0 saturated carbocycles. The molecule has 0 aromatic carbocycles. The predicted octanol–water partition coefficient (Wildman–Crippen LogP) is 1.62. The summed E-state index contributed by atoms with van der Waals surface area (Å²) in [6.45, 7) is 13.5. The van der Waals surface area contributed by atoms with Crippen LogP contribution in [0.4, 0.5) is 0 Å². The Bertz CT molecular complexity index is 455. The van der Waals surface area contributed by atoms with Crippen LogP contribution in [0.15, 0.2) is 35.6 Å². The van der Waals surface area contributed by atoms with E-state index in [0.717, 1.165) is 0 Å². The first-order valence-electron chi connectivity index (χ1n) is 5.20. The van der Waals surface area contributed by atoms with E-state index in [9.17, 15) is 9.90 Å². The van der Waals surface area contributed by atoms with Crippen molar-refractivity contribution in [3.05, 3.63) is 55.6 Å². The van der Waals surface area contributed by atoms with Crippen molar-refractivity contribution in [2.45, 2.75) is 6.42 Å². The van der Waals surface area contributed by atoms with Gasteiger partial charge in [0.15, 0.2) is 0 Å². The van der Waals surface area contributed by atoms with E-state index in [1.54, 1.807) is 0 Å². The minimum Gasteiger partial charge on any atom is 0 e. The first kappa shape index (κ1) is 24.3. The third-order valence-electron chi connectivity index (χ3n) is 2.73. The number of allylic oxidation sites excluding steroid dienone is 5. The zero-order chi connectivity index (χ0) is 16.1. The molecular formula is C14H12FeO6. The predicted molar refractivity (Wildman–Crippen MR) is 63.3 cm³/mol. The Morgan fingerprint density at radius 2 is 1.67 bits per heavy atom. The standard InChI is InChI=1S/C11H12O3.3CO.Fe/c1-14-11(13)10-8-5-3-2-4-7(8)6-9(10)12;3*1-2;/h2-5,7-8,12H,6H2,1H3;;;;/t7-,8-;;;;/m0..../s1. The normalized spacial score (nSPS) is 19.8. The second-order valence-electron chi connectivity index (χ2n) is 3.52. The molecule has 112 valence electrons. The number of ether oxygens (including phenoxy) is 1. The monoisotopic (exact) mass is 332 g/mol. The zero-order valence-electron chi connectivity index (χ0n) is 11.0. The number of aliphatic hydroxyl groups is 1. The second-order valence-corrected chi connectivity index (χ2v) is 3.52. The van der Waals surface area contributed by atoms with Crippen molar-refractivity contribution < 1.29 is 45.7 Å². The molecule has 2 atom stereocenters. The Kier molecular flexibility index (Phi) is 16.9. The average Bonchev–Trinajstić information content (AvgIpc) is 2.88. The number of carbonyl (C=O) groups excluding carboxylic acids is 1. The summed E-state index contributed by atoms with van der Waals surface area (Å²) in [7, 11) is 1.33. The molecule has 0 bridgehead atoms. The quantitative estimate of drug-likeness (QED) is 0.341. The van der Waals surface area contributed by atoms with Crippen LogP contribution in [0.25, 0.3) is 0 Å². The van der Waals surface area contributed by atoms with E-state index in [0.29, 0.717) is 12.0 Å². The van der Waals surface area contributed by atoms with Gasteiger partial charge in [0.25, 0.3) is 0 Å². The molecule has 6 nitrogen and oxygen atoms in total. The Morgan fingerprint density at radius 1 is 1.19 bits per heavy atom. The number of aliphatic hydroxyl groups excluding tert-OH is 1. The molecule has 0 aliphatic heterocycles. The molecule has 0 amide bonds. The van der Waals surface area contributed by atoms with E-state index >= 15 is 0 Å². The third kappa shape index (κ3) is 6.48. The smallest absolute Gasteiger partial charge is 0 e. The van der Waals surface area contributed by atoms with Crippen molar-refractivity contribution in [1.29, 1.82) is 0 Å². The van der Waals surface area contributed by atoms with E-state index in [2.05, 4.69) is 24.7 Å². The van der Waals surface area contributed by atoms with E-state index in [1.165, 1.54) is 7.11 Å². The van der Waals surface area contributed by atoms with Gasteiger partial charge >= 0.3 is 39.9 Å². The zero-order valence-corrected chi connectivity index (χ0v) is 12.1. The maximum Gasteiger partial charge on any atom is 0 e. The van der Waals surface area contributed by atoms with Gasteiger partial charge in [-0.2, -0.15) is 0 Å². The molecular weight excluding hydrogens is 320 g/mol. The largest absolute Gasteiger partial charge is 0 e. The summed E-state index contributed by atoms with van der Waals surface area (Å²) in [6, 6.07) is 0. The first-order chi connectivity index (χ1) is 9.74. The Labute approximate surface area is 133 Å². The number of methoxy groups -OCH3 is 1. The van der Waals surface area contributed by atoms with Crippen LogP contribution in [0.3, 0.4) is 0 Å². The van der Waals surface area contributed by atoms with Gasteiger partial charge in [-0.3, -0.25) is 0 Å². The maximum absolute atomic E-state index is 11.4. The average molecular weight is 332 g/mol. The fourth-order valence-corrected chi connectivity index (χ4v) is 2.05. The Balaban J connectivity index is -0.000000414. The summed E-state index contributed by atoms with van der Waals surface area (Å²) in [6.07, 6.45) is 8.31. The fourth-order valence-electron chi connectivity index (χ4n) is 2.05. The van der Waals surface area contributed by atoms with Crippen LogP contribution in [0.1, 0.15) is 6.42 Å². The van der Waals surface area contributed by atoms with Crippen LogP contribution in [-0.4, -0.2) is 18.2 Å². The Morgan fingerprint density at radius 3 is 2.14 bits per heavy atom. The summed E-state index contributed by atoms with van der Waals surface area (Å²) >= 11 is 0. The van der Waals surface area contributed by atoms with E-state index < -0.39 is 5.97 Å². The molecule has 0 aromatic rings. The molecule has 21 heavy (non-hydrogen) atoms. The van der Waals surface area contributed by atoms with Crippen LogP contribution in [-0.2, 0) is 40.6 Å². The molecule has 2 rings (SSSR count). The van der Waals surface area contributed by atoms with Gasteiger partial charge in [-0.15, -0.1) is 0 Å². The summed E-state index contributed by atoms with van der Waals surface area (Å²) in [4.78, 5) is 11.4. The van der Waals surface area contributed by atoms with Gasteiger partial charge in [0.2, 0.25) is 0 Å². The third-order valence-corrected chi connectivity index (χ3v) is 2.73. The van der Waals surface area contributed by atoms with Crippen molar-refractivity contribution >= 4 is 5.97 Å². The molecule has 0 spiro atoms. The number of hydrogen-bond donors (Lipinski definition) is 1. The van der Waals surface area contributed by atoms with Gasteiger partial charge in [-0.05, 0) is 5.92 Å². The molecule has 0 aromatic heterocycles. The van der Waals surface area contributed by atoms with Gasteiger partial charge in [-0.1, -0.05) is 24.3 Å². The molecule has 0 fully saturated rings. The number of esters is 1. The summed E-state index contributed by atoms with van der Waals surface area (Å²) < 4.78 is 27.1. The van der Waals surface area contributed by atoms with Crippen molar-refractivity contribution in [2.75, 3.05) is 7.11 Å². The van der Waals surface area contributed by atoms with Crippen molar-refractivity contribution in [3.63, 3.8) is 0 Å². The van der Waals surface area contributed by atoms with E-state index in [-0.39, 0.29) is 34.7 Å². The molecule has 0 heterocycles. The topological polar surface area (TPSA) is 106 Å². The van der Waals surface area contributed by atoms with Gasteiger partial charge in [-0.25, -0.2) is 4.79 Å². The first-order valence-corrected chi connectivity index (χ1v) is 5.20. The minimum absolute atomic E-state index is 0. The summed E-state index contributed by atoms with van der Waals surface area (Å²) in [5, 5.41) is 9.63. The number of rotatable bonds is 1. The summed E-state index contributed by atoms with van der Waals surface area (Å²) in [5.74, 6) is -0.0421. The van der Waals surface area contributed by atoms with E-state index in [4.69, 9.17) is 14.0 Å². The maximum atomic E-state index is 11.4. The van der Waals surface area contributed by atoms with E-state index in [1.807, 2.05) is 24.3 Å². The van der Waals surface area contributed by atoms with Crippen LogP contribution >= 0.6 is 0 Å². The van der Waals surface area contributed by atoms with Crippen LogP contribution < -0.4 is 0 Å². The molecule has 2 aliphatic carbocycles. The molecule has 2 aliphatic rings. The minimum atomic E-state index is -0.421. The van der Waals surface area contributed by atoms with Crippen molar-refractivity contribution in [3.8, 4) is 0 Å². The molecule has 0 saturated heterocycles. The number of fused-ring (bicyclic) bond motifs is 1. The second kappa shape index (κ2) is 14.6. The van der Waals surface area contributed by atoms with Crippen molar-refractivity contribution in [1.82, 2.24) is 0 Å². The van der Waals surface area contributed by atoms with Gasteiger partial charge in [0, 0.05) is 29.4 Å². The van der Waals surface area contributed by atoms with Crippen molar-refractivity contribution in [2.24, 2.45) is 11.8 Å². The molecule has 0 radical (unpaired) electrons. The van der Waals surface area contributed by atoms with Crippen LogP contribution in [0.2, 0.25) is 0 Å². The molecule has 1 N–H and O–H groups in total. The van der Waals surface area contributed by atoms with Gasteiger partial charge < -0.3 is 9.84 Å². The number of hydrogen-bond acceptors (Lipinski definition) is 3. The van der Waals surface area contributed by atoms with Gasteiger partial charge in [0.05, 0.1) is 12.7 Å². The number of carbonyl (C=O) groups is 1. The summed E-state index contributed by atoms with van der Waals surface area (Å²) in [5.41, 5.74) is 0.415. The van der Waals surface area contributed by atoms with Crippen LogP contribution in [0, 0.1) is 31.8 Å². The molecule has 7 heteroatoms. The molecule has 0 unspecified atom stereocenters. The van der Waals surface area contributed by atoms with Gasteiger partial charge in [0.1, 0.15) is 5.76 Å². The Hall–Kier alpha value is -1.77. The van der Waals surface area contributed by atoms with Crippen LogP contribution in [0.5, 0.6) is 0 Å². The SMILES string of the molecule is COC(=O)C1=C(O)C[C@@H]2C=CC=C[C@H]12.[C-]#[O+].[C-]#[O+].[C-]#[O+].[Fe]. The fraction of sp³-hybridized carbons (Fsp3) is 0.286.